The summed E-state index contributed by atoms with van der Waals surface area (Å²) in [7, 11) is 0. The van der Waals surface area contributed by atoms with Gasteiger partial charge in [-0.2, -0.15) is 0 Å². The van der Waals surface area contributed by atoms with Gasteiger partial charge in [0.05, 0.1) is 4.92 Å². The number of nitro groups is 1. The average molecular weight is 277 g/mol. The van der Waals surface area contributed by atoms with Crippen LogP contribution in [0.3, 0.4) is 0 Å². The van der Waals surface area contributed by atoms with Crippen molar-refractivity contribution in [3.63, 3.8) is 0 Å². The molecule has 0 amide bonds. The molecule has 0 aliphatic carbocycles. The molecule has 1 rings (SSSR count). The molecule has 0 atom stereocenters. The standard InChI is InChI=1S/C8H5NO6.Zn/c10-7(11)4-2-1-3-5(8(12)13)6(4)9(14)15;/h1-3H,(H,10,11)(H,12,13);. The van der Waals surface area contributed by atoms with Crippen LogP contribution in [-0.2, 0) is 19.5 Å². The predicted molar refractivity (Wildman–Crippen MR) is 47.0 cm³/mol. The van der Waals surface area contributed by atoms with Gasteiger partial charge in [-0.3, -0.25) is 10.1 Å². The molecule has 7 nitrogen and oxygen atoms in total. The average Bonchev–Trinajstić information content (AvgIpc) is 2.16. The summed E-state index contributed by atoms with van der Waals surface area (Å²) in [6.07, 6.45) is 0. The van der Waals surface area contributed by atoms with Crippen LogP contribution in [-0.4, -0.2) is 27.1 Å². The molecular formula is C8H5NO6Zn. The van der Waals surface area contributed by atoms with E-state index in [0.29, 0.717) is 0 Å². The zero-order valence-corrected chi connectivity index (χ0v) is 10.9. The molecule has 0 unspecified atom stereocenters. The molecular weight excluding hydrogens is 271 g/mol. The van der Waals surface area contributed by atoms with Gasteiger partial charge in [0.1, 0.15) is 11.1 Å². The van der Waals surface area contributed by atoms with Crippen LogP contribution in [0.25, 0.3) is 0 Å². The van der Waals surface area contributed by atoms with Gasteiger partial charge in [0.15, 0.2) is 0 Å². The van der Waals surface area contributed by atoms with Crippen LogP contribution < -0.4 is 0 Å². The number of para-hydroxylation sites is 1. The van der Waals surface area contributed by atoms with Crippen LogP contribution >= 0.6 is 0 Å². The summed E-state index contributed by atoms with van der Waals surface area (Å²) in [6, 6.07) is 3.10. The minimum atomic E-state index is -1.54. The third kappa shape index (κ3) is 2.61. The maximum absolute atomic E-state index is 10.6. The zero-order chi connectivity index (χ0) is 11.6. The third-order valence-corrected chi connectivity index (χ3v) is 1.68. The van der Waals surface area contributed by atoms with Crippen molar-refractivity contribution in [3.8, 4) is 0 Å². The van der Waals surface area contributed by atoms with Gasteiger partial charge in [0.2, 0.25) is 0 Å². The summed E-state index contributed by atoms with van der Waals surface area (Å²) < 4.78 is 0. The second kappa shape index (κ2) is 5.32. The molecule has 0 radical (unpaired) electrons. The van der Waals surface area contributed by atoms with Crippen molar-refractivity contribution in [3.05, 3.63) is 39.4 Å². The summed E-state index contributed by atoms with van der Waals surface area (Å²) in [5.74, 6) is -3.07. The molecule has 0 spiro atoms. The fraction of sp³-hybridized carbons (Fsp3) is 0. The Morgan fingerprint density at radius 1 is 1.12 bits per heavy atom. The number of carboxylic acid groups (broad SMARTS) is 2. The second-order valence-corrected chi connectivity index (χ2v) is 2.57. The smallest absolute Gasteiger partial charge is 0.342 e. The Hall–Kier alpha value is -1.82. The van der Waals surface area contributed by atoms with E-state index in [9.17, 15) is 19.7 Å². The van der Waals surface area contributed by atoms with E-state index in [1.807, 2.05) is 0 Å². The largest absolute Gasteiger partial charge is 0.477 e. The molecule has 0 aromatic heterocycles. The fourth-order valence-electron chi connectivity index (χ4n) is 1.09. The van der Waals surface area contributed by atoms with E-state index in [2.05, 4.69) is 0 Å². The van der Waals surface area contributed by atoms with E-state index in [-0.39, 0.29) is 19.5 Å². The summed E-state index contributed by atoms with van der Waals surface area (Å²) in [5, 5.41) is 27.8. The molecule has 0 aliphatic heterocycles. The van der Waals surface area contributed by atoms with Gasteiger partial charge in [0, 0.05) is 19.5 Å². The van der Waals surface area contributed by atoms with Crippen molar-refractivity contribution < 1.29 is 44.2 Å². The maximum Gasteiger partial charge on any atom is 0.342 e. The maximum atomic E-state index is 10.6. The van der Waals surface area contributed by atoms with Gasteiger partial charge in [-0.1, -0.05) is 6.07 Å². The van der Waals surface area contributed by atoms with Gasteiger partial charge in [-0.15, -0.1) is 0 Å². The molecule has 1 aromatic carbocycles. The monoisotopic (exact) mass is 275 g/mol. The minimum absolute atomic E-state index is 0. The number of aromatic carboxylic acids is 2. The first-order valence-corrected chi connectivity index (χ1v) is 3.69. The summed E-state index contributed by atoms with van der Waals surface area (Å²) in [4.78, 5) is 30.7. The van der Waals surface area contributed by atoms with Crippen LogP contribution in [0.5, 0.6) is 0 Å². The Labute approximate surface area is 102 Å². The molecule has 0 saturated carbocycles. The number of hydrogen-bond acceptors (Lipinski definition) is 4. The van der Waals surface area contributed by atoms with Gasteiger partial charge in [-0.25, -0.2) is 9.59 Å². The number of carbonyl (C=O) groups is 2. The van der Waals surface area contributed by atoms with Crippen molar-refractivity contribution in [2.24, 2.45) is 0 Å². The van der Waals surface area contributed by atoms with Crippen LogP contribution in [0.4, 0.5) is 5.69 Å². The first-order chi connectivity index (χ1) is 6.95. The van der Waals surface area contributed by atoms with Crippen molar-refractivity contribution >= 4 is 17.6 Å². The third-order valence-electron chi connectivity index (χ3n) is 1.68. The normalized spacial score (nSPS) is 9.00. The molecule has 1 aromatic rings. The van der Waals surface area contributed by atoms with E-state index < -0.39 is 33.7 Å². The van der Waals surface area contributed by atoms with Crippen LogP contribution in [0.15, 0.2) is 18.2 Å². The van der Waals surface area contributed by atoms with Crippen molar-refractivity contribution in [2.45, 2.75) is 0 Å². The van der Waals surface area contributed by atoms with Crippen LogP contribution in [0, 0.1) is 10.1 Å². The molecule has 0 heterocycles. The molecule has 0 bridgehead atoms. The van der Waals surface area contributed by atoms with Gasteiger partial charge in [-0.05, 0) is 12.1 Å². The Balaban J connectivity index is 0.00000225. The first kappa shape index (κ1) is 14.2. The Bertz CT molecular complexity index is 426. The van der Waals surface area contributed by atoms with E-state index >= 15 is 0 Å². The Kier molecular flexibility index (Phi) is 4.71. The molecule has 0 fully saturated rings. The van der Waals surface area contributed by atoms with Gasteiger partial charge in [0.25, 0.3) is 5.69 Å². The minimum Gasteiger partial charge on any atom is -0.477 e. The van der Waals surface area contributed by atoms with E-state index in [1.165, 1.54) is 0 Å². The van der Waals surface area contributed by atoms with E-state index in [0.717, 1.165) is 18.2 Å². The molecule has 0 aliphatic rings. The number of nitro benzene ring substituents is 1. The second-order valence-electron chi connectivity index (χ2n) is 2.57. The summed E-state index contributed by atoms with van der Waals surface area (Å²) in [5.41, 5.74) is -2.18. The topological polar surface area (TPSA) is 118 Å². The van der Waals surface area contributed by atoms with Crippen molar-refractivity contribution in [2.75, 3.05) is 0 Å². The predicted octanol–water partition coefficient (Wildman–Crippen LogP) is 0.989. The number of benzene rings is 1. The fourth-order valence-corrected chi connectivity index (χ4v) is 1.09. The van der Waals surface area contributed by atoms with Gasteiger partial charge < -0.3 is 10.2 Å². The molecule has 8 heteroatoms. The van der Waals surface area contributed by atoms with Crippen molar-refractivity contribution in [1.29, 1.82) is 0 Å². The molecule has 2 N–H and O–H groups in total. The van der Waals surface area contributed by atoms with Crippen molar-refractivity contribution in [1.82, 2.24) is 0 Å². The van der Waals surface area contributed by atoms with Crippen LogP contribution in [0.1, 0.15) is 20.7 Å². The summed E-state index contributed by atoms with van der Waals surface area (Å²) >= 11 is 0. The van der Waals surface area contributed by atoms with Crippen LogP contribution in [0.2, 0.25) is 0 Å². The Morgan fingerprint density at radius 2 is 1.50 bits per heavy atom. The zero-order valence-electron chi connectivity index (χ0n) is 7.91. The number of nitrogens with zero attached hydrogens (tertiary/aromatic N) is 1. The Morgan fingerprint density at radius 3 is 1.75 bits per heavy atom. The number of carboxylic acids is 2. The van der Waals surface area contributed by atoms with Gasteiger partial charge >= 0.3 is 11.9 Å². The van der Waals surface area contributed by atoms with E-state index in [1.54, 1.807) is 0 Å². The number of hydrogen-bond donors (Lipinski definition) is 2. The first-order valence-electron chi connectivity index (χ1n) is 3.69. The molecule has 0 saturated heterocycles. The molecule has 16 heavy (non-hydrogen) atoms. The number of rotatable bonds is 3. The molecule has 80 valence electrons. The SMILES string of the molecule is O=C(O)c1cccc(C(=O)O)c1[N+](=O)[O-].[Zn]. The quantitative estimate of drug-likeness (QED) is 0.483. The summed E-state index contributed by atoms with van der Waals surface area (Å²) in [6.45, 7) is 0. The van der Waals surface area contributed by atoms with E-state index in [4.69, 9.17) is 10.2 Å².